The molecular formula is C12H21N3O4S. The Morgan fingerprint density at radius 1 is 1.15 bits per heavy atom. The number of amides is 2. The maximum atomic E-state index is 12.0. The van der Waals surface area contributed by atoms with Gasteiger partial charge in [0.05, 0.1) is 5.75 Å². The lowest BCUT2D eigenvalue weighted by Gasteiger charge is -2.24. The molecule has 0 bridgehead atoms. The minimum atomic E-state index is -3.47. The van der Waals surface area contributed by atoms with E-state index < -0.39 is 22.0 Å². The first kappa shape index (κ1) is 15.4. The fourth-order valence-corrected chi connectivity index (χ4v) is 3.99. The van der Waals surface area contributed by atoms with Crippen LogP contribution in [-0.2, 0) is 19.6 Å². The van der Waals surface area contributed by atoms with Crippen molar-refractivity contribution in [1.82, 2.24) is 15.4 Å². The number of sulfonamides is 1. The van der Waals surface area contributed by atoms with Crippen LogP contribution in [0.4, 0.5) is 0 Å². The summed E-state index contributed by atoms with van der Waals surface area (Å²) in [6.45, 7) is 1.87. The molecule has 0 aliphatic carbocycles. The molecule has 114 valence electrons. The first-order chi connectivity index (χ1) is 9.46. The van der Waals surface area contributed by atoms with Gasteiger partial charge in [-0.25, -0.2) is 13.1 Å². The lowest BCUT2D eigenvalue weighted by atomic mass is 9.96. The van der Waals surface area contributed by atoms with Crippen molar-refractivity contribution >= 4 is 21.8 Å². The van der Waals surface area contributed by atoms with E-state index in [2.05, 4.69) is 15.4 Å². The van der Waals surface area contributed by atoms with Crippen LogP contribution in [0.5, 0.6) is 0 Å². The molecule has 2 heterocycles. The van der Waals surface area contributed by atoms with Gasteiger partial charge in [-0.1, -0.05) is 0 Å². The summed E-state index contributed by atoms with van der Waals surface area (Å²) < 4.78 is 26.4. The van der Waals surface area contributed by atoms with Crippen molar-refractivity contribution in [3.05, 3.63) is 0 Å². The molecule has 0 aromatic rings. The Bertz CT molecular complexity index is 471. The van der Waals surface area contributed by atoms with Gasteiger partial charge < -0.3 is 5.32 Å². The minimum absolute atomic E-state index is 0.0371. The van der Waals surface area contributed by atoms with Crippen LogP contribution in [0.3, 0.4) is 0 Å². The third-order valence-electron chi connectivity index (χ3n) is 3.81. The Labute approximate surface area is 118 Å². The lowest BCUT2D eigenvalue weighted by Crippen LogP contribution is -2.52. The van der Waals surface area contributed by atoms with Gasteiger partial charge in [-0.3, -0.25) is 14.9 Å². The number of hydrogen-bond acceptors (Lipinski definition) is 5. The molecule has 20 heavy (non-hydrogen) atoms. The summed E-state index contributed by atoms with van der Waals surface area (Å²) in [7, 11) is -3.47. The summed E-state index contributed by atoms with van der Waals surface area (Å²) in [5.41, 5.74) is 0. The molecule has 0 aromatic carbocycles. The van der Waals surface area contributed by atoms with Crippen molar-refractivity contribution in [2.24, 2.45) is 5.92 Å². The molecule has 3 N–H and O–H groups in total. The molecule has 2 aliphatic rings. The molecule has 1 unspecified atom stereocenters. The summed E-state index contributed by atoms with van der Waals surface area (Å²) in [5, 5.41) is 5.38. The number of carbonyl (C=O) groups excluding carboxylic acids is 2. The third kappa shape index (κ3) is 4.53. The summed E-state index contributed by atoms with van der Waals surface area (Å²) >= 11 is 0. The van der Waals surface area contributed by atoms with E-state index in [1.807, 2.05) is 0 Å². The van der Waals surface area contributed by atoms with E-state index in [0.717, 1.165) is 25.9 Å². The van der Waals surface area contributed by atoms with Gasteiger partial charge in [0.2, 0.25) is 21.8 Å². The van der Waals surface area contributed by atoms with Gasteiger partial charge in [-0.05, 0) is 44.7 Å². The first-order valence-corrected chi connectivity index (χ1v) is 8.66. The molecule has 2 saturated heterocycles. The summed E-state index contributed by atoms with van der Waals surface area (Å²) in [6.07, 6.45) is 3.01. The van der Waals surface area contributed by atoms with E-state index in [1.165, 1.54) is 0 Å². The van der Waals surface area contributed by atoms with Gasteiger partial charge in [0.15, 0.2) is 0 Å². The van der Waals surface area contributed by atoms with Gasteiger partial charge in [0, 0.05) is 6.42 Å². The molecule has 0 saturated carbocycles. The van der Waals surface area contributed by atoms with Crippen LogP contribution >= 0.6 is 0 Å². The molecular weight excluding hydrogens is 282 g/mol. The fourth-order valence-electron chi connectivity index (χ4n) is 2.57. The number of carbonyl (C=O) groups is 2. The zero-order chi connectivity index (χ0) is 14.6. The highest BCUT2D eigenvalue weighted by molar-refractivity contribution is 7.89. The number of hydrogen-bond donors (Lipinski definition) is 3. The quantitative estimate of drug-likeness (QED) is 0.571. The van der Waals surface area contributed by atoms with Crippen LogP contribution in [0, 0.1) is 5.92 Å². The van der Waals surface area contributed by atoms with E-state index in [4.69, 9.17) is 0 Å². The smallest absolute Gasteiger partial charge is 0.244 e. The second-order valence-electron chi connectivity index (χ2n) is 5.42. The molecule has 2 rings (SSSR count). The average molecular weight is 303 g/mol. The average Bonchev–Trinajstić information content (AvgIpc) is 2.41. The van der Waals surface area contributed by atoms with Crippen LogP contribution in [0.1, 0.15) is 32.1 Å². The largest absolute Gasteiger partial charge is 0.317 e. The molecule has 2 amide bonds. The van der Waals surface area contributed by atoms with E-state index >= 15 is 0 Å². The Morgan fingerprint density at radius 3 is 2.50 bits per heavy atom. The van der Waals surface area contributed by atoms with Crippen molar-refractivity contribution in [3.63, 3.8) is 0 Å². The van der Waals surface area contributed by atoms with E-state index in [0.29, 0.717) is 12.3 Å². The van der Waals surface area contributed by atoms with Gasteiger partial charge in [0.25, 0.3) is 0 Å². The molecule has 7 nitrogen and oxygen atoms in total. The maximum Gasteiger partial charge on any atom is 0.244 e. The summed E-state index contributed by atoms with van der Waals surface area (Å²) in [5.74, 6) is -0.434. The van der Waals surface area contributed by atoms with Crippen molar-refractivity contribution in [2.45, 2.75) is 38.1 Å². The Morgan fingerprint density at radius 2 is 1.85 bits per heavy atom. The predicted molar refractivity (Wildman–Crippen MR) is 73.3 cm³/mol. The zero-order valence-electron chi connectivity index (χ0n) is 11.4. The van der Waals surface area contributed by atoms with Gasteiger partial charge >= 0.3 is 0 Å². The number of piperidine rings is 2. The third-order valence-corrected chi connectivity index (χ3v) is 5.23. The SMILES string of the molecule is O=C1CCC(NS(=O)(=O)CCC2CCNCC2)C(=O)N1. The summed E-state index contributed by atoms with van der Waals surface area (Å²) in [4.78, 5) is 22.5. The number of rotatable bonds is 5. The van der Waals surface area contributed by atoms with E-state index in [-0.39, 0.29) is 24.5 Å². The Hall–Kier alpha value is -0.990. The van der Waals surface area contributed by atoms with E-state index in [9.17, 15) is 18.0 Å². The lowest BCUT2D eigenvalue weighted by molar-refractivity contribution is -0.134. The second-order valence-corrected chi connectivity index (χ2v) is 7.30. The maximum absolute atomic E-state index is 12.0. The molecule has 2 fully saturated rings. The van der Waals surface area contributed by atoms with Crippen LogP contribution in [-0.4, -0.2) is 45.1 Å². The minimum Gasteiger partial charge on any atom is -0.317 e. The Balaban J connectivity index is 1.81. The molecule has 1 atom stereocenters. The standard InChI is InChI=1S/C12H21N3O4S/c16-11-2-1-10(12(17)14-11)15-20(18,19)8-5-9-3-6-13-7-4-9/h9-10,13,15H,1-8H2,(H,14,16,17). The normalized spacial score (nSPS) is 25.5. The number of nitrogens with one attached hydrogen (secondary N) is 3. The highest BCUT2D eigenvalue weighted by Gasteiger charge is 2.30. The van der Waals surface area contributed by atoms with Crippen LogP contribution in [0.25, 0.3) is 0 Å². The zero-order valence-corrected chi connectivity index (χ0v) is 12.2. The summed E-state index contributed by atoms with van der Waals surface area (Å²) in [6, 6.07) is -0.814. The Kier molecular flexibility index (Phi) is 5.11. The van der Waals surface area contributed by atoms with Gasteiger partial charge in [0.1, 0.15) is 6.04 Å². The van der Waals surface area contributed by atoms with Crippen LogP contribution < -0.4 is 15.4 Å². The fraction of sp³-hybridized carbons (Fsp3) is 0.833. The molecule has 0 aromatic heterocycles. The van der Waals surface area contributed by atoms with Crippen LogP contribution in [0.2, 0.25) is 0 Å². The first-order valence-electron chi connectivity index (χ1n) is 7.01. The van der Waals surface area contributed by atoms with Gasteiger partial charge in [-0.2, -0.15) is 0 Å². The van der Waals surface area contributed by atoms with Gasteiger partial charge in [-0.15, -0.1) is 0 Å². The predicted octanol–water partition coefficient (Wildman–Crippen LogP) is -0.899. The van der Waals surface area contributed by atoms with Crippen molar-refractivity contribution in [3.8, 4) is 0 Å². The van der Waals surface area contributed by atoms with Crippen molar-refractivity contribution in [1.29, 1.82) is 0 Å². The molecule has 0 radical (unpaired) electrons. The van der Waals surface area contributed by atoms with Crippen molar-refractivity contribution in [2.75, 3.05) is 18.8 Å². The molecule has 0 spiro atoms. The highest BCUT2D eigenvalue weighted by Crippen LogP contribution is 2.17. The topological polar surface area (TPSA) is 104 Å². The molecule has 8 heteroatoms. The molecule has 2 aliphatic heterocycles. The van der Waals surface area contributed by atoms with Crippen LogP contribution in [0.15, 0.2) is 0 Å². The highest BCUT2D eigenvalue weighted by atomic mass is 32.2. The number of imide groups is 1. The second kappa shape index (κ2) is 6.64. The van der Waals surface area contributed by atoms with Crippen molar-refractivity contribution < 1.29 is 18.0 Å². The van der Waals surface area contributed by atoms with E-state index in [1.54, 1.807) is 0 Å². The monoisotopic (exact) mass is 303 g/mol.